The van der Waals surface area contributed by atoms with Crippen molar-refractivity contribution in [3.8, 4) is 0 Å². The lowest BCUT2D eigenvalue weighted by Gasteiger charge is -2.09. The minimum atomic E-state index is -0.377. The fourth-order valence-corrected chi connectivity index (χ4v) is 1.46. The molecule has 0 aromatic carbocycles. The Morgan fingerprint density at radius 3 is 2.81 bits per heavy atom. The van der Waals surface area contributed by atoms with E-state index >= 15 is 0 Å². The molecule has 2 N–H and O–H groups in total. The molecule has 0 aromatic heterocycles. The smallest absolute Gasteiger partial charge is 0.306 e. The molecule has 1 saturated heterocycles. The van der Waals surface area contributed by atoms with Gasteiger partial charge >= 0.3 is 5.97 Å². The van der Waals surface area contributed by atoms with E-state index in [9.17, 15) is 14.4 Å². The number of amides is 2. The van der Waals surface area contributed by atoms with Crippen molar-refractivity contribution in [2.45, 2.75) is 32.2 Å². The quantitative estimate of drug-likeness (QED) is 0.611. The van der Waals surface area contributed by atoms with Gasteiger partial charge in [0.2, 0.25) is 11.8 Å². The summed E-state index contributed by atoms with van der Waals surface area (Å²) in [5, 5.41) is 5.29. The molecule has 0 aliphatic carbocycles. The highest BCUT2D eigenvalue weighted by Crippen LogP contribution is 2.00. The van der Waals surface area contributed by atoms with Crippen LogP contribution in [0.1, 0.15) is 26.2 Å². The molecule has 2 amide bonds. The summed E-state index contributed by atoms with van der Waals surface area (Å²) in [4.78, 5) is 33.2. The van der Waals surface area contributed by atoms with Gasteiger partial charge in [-0.05, 0) is 6.92 Å². The Morgan fingerprint density at radius 1 is 1.50 bits per heavy atom. The number of hydrogen-bond acceptors (Lipinski definition) is 4. The van der Waals surface area contributed by atoms with Crippen molar-refractivity contribution in [3.63, 3.8) is 0 Å². The Bertz CT molecular complexity index is 291. The van der Waals surface area contributed by atoms with Gasteiger partial charge in [-0.2, -0.15) is 0 Å². The van der Waals surface area contributed by atoms with E-state index in [1.54, 1.807) is 6.92 Å². The van der Waals surface area contributed by atoms with Crippen LogP contribution in [0.4, 0.5) is 0 Å². The molecule has 1 fully saturated rings. The molecular formula is C10H16N2O4. The summed E-state index contributed by atoms with van der Waals surface area (Å²) >= 11 is 0. The van der Waals surface area contributed by atoms with Gasteiger partial charge in [-0.25, -0.2) is 0 Å². The molecule has 6 heteroatoms. The fourth-order valence-electron chi connectivity index (χ4n) is 1.46. The Kier molecular flexibility index (Phi) is 4.75. The van der Waals surface area contributed by atoms with Gasteiger partial charge < -0.3 is 15.4 Å². The van der Waals surface area contributed by atoms with Gasteiger partial charge in [0.1, 0.15) is 0 Å². The average molecular weight is 228 g/mol. The highest BCUT2D eigenvalue weighted by molar-refractivity contribution is 5.84. The number of nitrogens with one attached hydrogen (secondary N) is 2. The molecule has 16 heavy (non-hydrogen) atoms. The summed E-state index contributed by atoms with van der Waals surface area (Å²) in [6, 6.07) is -0.151. The molecule has 1 unspecified atom stereocenters. The average Bonchev–Trinajstić information content (AvgIpc) is 2.61. The topological polar surface area (TPSA) is 84.5 Å². The molecule has 1 rings (SSSR count). The molecule has 0 bridgehead atoms. The van der Waals surface area contributed by atoms with Gasteiger partial charge in [0.15, 0.2) is 0 Å². The minimum absolute atomic E-state index is 0.0595. The second kappa shape index (κ2) is 6.09. The molecule has 0 aromatic rings. The molecule has 0 radical (unpaired) electrons. The number of carbonyl (C=O) groups excluding carboxylic acids is 3. The highest BCUT2D eigenvalue weighted by Gasteiger charge is 2.22. The molecule has 0 saturated carbocycles. The Balaban J connectivity index is 2.16. The third-order valence-electron chi connectivity index (χ3n) is 2.20. The molecule has 1 atom stereocenters. The van der Waals surface area contributed by atoms with E-state index in [0.717, 1.165) is 0 Å². The standard InChI is InChI=1S/C10H16N2O4/c1-2-16-10(15)4-3-8(13)12-7-5-9(14)11-6-7/h7H,2-6H2,1H3,(H,11,14)(H,12,13). The van der Waals surface area contributed by atoms with Gasteiger partial charge in [-0.1, -0.05) is 0 Å². The summed E-state index contributed by atoms with van der Waals surface area (Å²) in [5.74, 6) is -0.663. The van der Waals surface area contributed by atoms with Crippen LogP contribution >= 0.6 is 0 Å². The first-order valence-corrected chi connectivity index (χ1v) is 5.33. The zero-order valence-electron chi connectivity index (χ0n) is 9.25. The number of carbonyl (C=O) groups is 3. The van der Waals surface area contributed by atoms with E-state index in [4.69, 9.17) is 4.74 Å². The van der Waals surface area contributed by atoms with Crippen LogP contribution in [0, 0.1) is 0 Å². The summed E-state index contributed by atoms with van der Waals surface area (Å²) in [6.07, 6.45) is 0.489. The maximum absolute atomic E-state index is 11.4. The summed E-state index contributed by atoms with van der Waals surface area (Å²) in [5.41, 5.74) is 0. The number of hydrogen-bond donors (Lipinski definition) is 2. The van der Waals surface area contributed by atoms with Crippen LogP contribution in [-0.4, -0.2) is 37.0 Å². The molecular weight excluding hydrogens is 212 g/mol. The van der Waals surface area contributed by atoms with E-state index in [1.807, 2.05) is 0 Å². The van der Waals surface area contributed by atoms with E-state index < -0.39 is 0 Å². The molecule has 1 heterocycles. The van der Waals surface area contributed by atoms with Gasteiger partial charge in [0, 0.05) is 19.4 Å². The number of rotatable bonds is 5. The highest BCUT2D eigenvalue weighted by atomic mass is 16.5. The van der Waals surface area contributed by atoms with Gasteiger partial charge in [0.05, 0.1) is 19.1 Å². The van der Waals surface area contributed by atoms with Crippen molar-refractivity contribution < 1.29 is 19.1 Å². The number of esters is 1. The van der Waals surface area contributed by atoms with Crippen molar-refractivity contribution in [3.05, 3.63) is 0 Å². The van der Waals surface area contributed by atoms with Gasteiger partial charge in [-0.15, -0.1) is 0 Å². The molecule has 6 nitrogen and oxygen atoms in total. The molecule has 90 valence electrons. The zero-order chi connectivity index (χ0) is 12.0. The fraction of sp³-hybridized carbons (Fsp3) is 0.700. The van der Waals surface area contributed by atoms with E-state index in [-0.39, 0.29) is 36.7 Å². The Morgan fingerprint density at radius 2 is 2.25 bits per heavy atom. The van der Waals surface area contributed by atoms with Gasteiger partial charge in [0.25, 0.3) is 0 Å². The van der Waals surface area contributed by atoms with Crippen molar-refractivity contribution in [1.82, 2.24) is 10.6 Å². The second-order valence-electron chi connectivity index (χ2n) is 3.58. The van der Waals surface area contributed by atoms with E-state index in [1.165, 1.54) is 0 Å². The van der Waals surface area contributed by atoms with E-state index in [0.29, 0.717) is 19.6 Å². The van der Waals surface area contributed by atoms with Crippen LogP contribution in [0.15, 0.2) is 0 Å². The Labute approximate surface area is 93.7 Å². The van der Waals surface area contributed by atoms with Crippen LogP contribution in [0.25, 0.3) is 0 Å². The first-order valence-electron chi connectivity index (χ1n) is 5.33. The minimum Gasteiger partial charge on any atom is -0.466 e. The predicted octanol–water partition coefficient (Wildman–Crippen LogP) is -0.666. The van der Waals surface area contributed by atoms with Crippen LogP contribution in [0.2, 0.25) is 0 Å². The predicted molar refractivity (Wildman–Crippen MR) is 55.4 cm³/mol. The van der Waals surface area contributed by atoms with Crippen molar-refractivity contribution in [1.29, 1.82) is 0 Å². The SMILES string of the molecule is CCOC(=O)CCC(=O)NC1CNC(=O)C1. The summed E-state index contributed by atoms with van der Waals surface area (Å²) in [7, 11) is 0. The van der Waals surface area contributed by atoms with Crippen molar-refractivity contribution in [2.24, 2.45) is 0 Å². The molecule has 1 aliphatic heterocycles. The maximum Gasteiger partial charge on any atom is 0.306 e. The maximum atomic E-state index is 11.4. The first kappa shape index (κ1) is 12.5. The zero-order valence-corrected chi connectivity index (χ0v) is 9.25. The number of ether oxygens (including phenoxy) is 1. The van der Waals surface area contributed by atoms with Crippen molar-refractivity contribution >= 4 is 17.8 Å². The summed E-state index contributed by atoms with van der Waals surface area (Å²) < 4.78 is 4.69. The lowest BCUT2D eigenvalue weighted by molar-refractivity contribution is -0.144. The second-order valence-corrected chi connectivity index (χ2v) is 3.58. The summed E-state index contributed by atoms with van der Waals surface area (Å²) in [6.45, 7) is 2.50. The van der Waals surface area contributed by atoms with Crippen LogP contribution in [-0.2, 0) is 19.1 Å². The van der Waals surface area contributed by atoms with Crippen LogP contribution in [0.5, 0.6) is 0 Å². The molecule has 0 spiro atoms. The third kappa shape index (κ3) is 4.29. The van der Waals surface area contributed by atoms with Crippen LogP contribution in [0.3, 0.4) is 0 Å². The third-order valence-corrected chi connectivity index (χ3v) is 2.20. The normalized spacial score (nSPS) is 19.1. The Hall–Kier alpha value is -1.59. The molecule has 1 aliphatic rings. The first-order chi connectivity index (χ1) is 7.61. The largest absolute Gasteiger partial charge is 0.466 e. The lowest BCUT2D eigenvalue weighted by Crippen LogP contribution is -2.36. The monoisotopic (exact) mass is 228 g/mol. The van der Waals surface area contributed by atoms with Crippen molar-refractivity contribution in [2.75, 3.05) is 13.2 Å². The van der Waals surface area contributed by atoms with E-state index in [2.05, 4.69) is 10.6 Å². The lowest BCUT2D eigenvalue weighted by atomic mass is 10.2. The van der Waals surface area contributed by atoms with Gasteiger partial charge in [-0.3, -0.25) is 14.4 Å². The van der Waals surface area contributed by atoms with Crippen LogP contribution < -0.4 is 10.6 Å².